The van der Waals surface area contributed by atoms with Gasteiger partial charge in [0.25, 0.3) is 5.91 Å². The highest BCUT2D eigenvalue weighted by molar-refractivity contribution is 9.10. The molecule has 0 aliphatic carbocycles. The standard InChI is InChI=1S/C18H15BrN2O3S/c1-24-11-4-2-10(3-5-11)8-21-15-12(19)9-25-17(15)14-13(22)6-7-20-18(23)16(14)21/h2-5,9H,6-8H2,1H3,(H,20,23). The van der Waals surface area contributed by atoms with Crippen LogP contribution in [-0.4, -0.2) is 29.9 Å². The number of ether oxygens (including phenoxy) is 1. The van der Waals surface area contributed by atoms with Gasteiger partial charge in [0, 0.05) is 24.9 Å². The van der Waals surface area contributed by atoms with E-state index in [0.29, 0.717) is 30.8 Å². The first kappa shape index (κ1) is 16.4. The molecule has 1 aromatic carbocycles. The van der Waals surface area contributed by atoms with Crippen LogP contribution in [0, 0.1) is 0 Å². The number of nitrogens with one attached hydrogen (secondary N) is 1. The number of aromatic nitrogens is 1. The number of halogens is 1. The van der Waals surface area contributed by atoms with Crippen LogP contribution >= 0.6 is 27.3 Å². The van der Waals surface area contributed by atoms with Gasteiger partial charge in [0.15, 0.2) is 5.78 Å². The van der Waals surface area contributed by atoms with Gasteiger partial charge in [0.2, 0.25) is 0 Å². The second kappa shape index (κ2) is 6.31. The Kier molecular flexibility index (Phi) is 4.13. The van der Waals surface area contributed by atoms with Crippen molar-refractivity contribution in [1.82, 2.24) is 9.88 Å². The van der Waals surface area contributed by atoms with Crippen LogP contribution < -0.4 is 10.1 Å². The molecule has 0 saturated heterocycles. The van der Waals surface area contributed by atoms with Crippen LogP contribution in [0.2, 0.25) is 0 Å². The molecule has 3 aromatic rings. The van der Waals surface area contributed by atoms with Gasteiger partial charge in [-0.05, 0) is 33.6 Å². The molecule has 0 saturated carbocycles. The quantitative estimate of drug-likeness (QED) is 0.702. The van der Waals surface area contributed by atoms with Gasteiger partial charge in [-0.25, -0.2) is 0 Å². The largest absolute Gasteiger partial charge is 0.497 e. The molecule has 4 rings (SSSR count). The number of benzene rings is 1. The molecular formula is C18H15BrN2O3S. The van der Waals surface area contributed by atoms with E-state index >= 15 is 0 Å². The summed E-state index contributed by atoms with van der Waals surface area (Å²) in [5, 5.41) is 4.80. The van der Waals surface area contributed by atoms with Gasteiger partial charge in [-0.2, -0.15) is 0 Å². The number of methoxy groups -OCH3 is 1. The predicted molar refractivity (Wildman–Crippen MR) is 101 cm³/mol. The van der Waals surface area contributed by atoms with Gasteiger partial charge in [-0.3, -0.25) is 9.59 Å². The molecule has 0 spiro atoms. The van der Waals surface area contributed by atoms with Crippen LogP contribution in [0.5, 0.6) is 5.75 Å². The number of amides is 1. The van der Waals surface area contributed by atoms with Crippen LogP contribution in [0.3, 0.4) is 0 Å². The van der Waals surface area contributed by atoms with E-state index in [0.717, 1.165) is 26.0 Å². The molecule has 1 aliphatic heterocycles. The number of hydrogen-bond acceptors (Lipinski definition) is 4. The first-order chi connectivity index (χ1) is 12.1. The molecule has 5 nitrogen and oxygen atoms in total. The van der Waals surface area contributed by atoms with Crippen molar-refractivity contribution < 1.29 is 14.3 Å². The summed E-state index contributed by atoms with van der Waals surface area (Å²) in [4.78, 5) is 25.2. The Morgan fingerprint density at radius 1 is 1.28 bits per heavy atom. The average molecular weight is 419 g/mol. The number of fused-ring (bicyclic) bond motifs is 3. The normalized spacial score (nSPS) is 14.3. The molecule has 0 atom stereocenters. The van der Waals surface area contributed by atoms with Crippen LogP contribution in [0.4, 0.5) is 0 Å². The lowest BCUT2D eigenvalue weighted by molar-refractivity contribution is 0.0948. The van der Waals surface area contributed by atoms with Crippen LogP contribution in [0.1, 0.15) is 32.8 Å². The summed E-state index contributed by atoms with van der Waals surface area (Å²) in [6.07, 6.45) is 0.329. The molecule has 1 aliphatic rings. The van der Waals surface area contributed by atoms with Crippen molar-refractivity contribution in [2.75, 3.05) is 13.7 Å². The highest BCUT2D eigenvalue weighted by atomic mass is 79.9. The molecule has 25 heavy (non-hydrogen) atoms. The fourth-order valence-electron chi connectivity index (χ4n) is 3.18. The first-order valence-electron chi connectivity index (χ1n) is 7.83. The van der Waals surface area contributed by atoms with Crippen molar-refractivity contribution in [2.24, 2.45) is 0 Å². The second-order valence-electron chi connectivity index (χ2n) is 5.85. The summed E-state index contributed by atoms with van der Waals surface area (Å²) in [6.45, 7) is 0.884. The molecule has 1 N–H and O–H groups in total. The third-order valence-electron chi connectivity index (χ3n) is 4.36. The van der Waals surface area contributed by atoms with Crippen molar-refractivity contribution in [2.45, 2.75) is 13.0 Å². The lowest BCUT2D eigenvalue weighted by Crippen LogP contribution is -2.25. The Labute approximate surface area is 156 Å². The van der Waals surface area contributed by atoms with Crippen molar-refractivity contribution in [3.8, 4) is 5.75 Å². The van der Waals surface area contributed by atoms with E-state index in [1.54, 1.807) is 7.11 Å². The lowest BCUT2D eigenvalue weighted by atomic mass is 10.1. The molecule has 0 fully saturated rings. The minimum absolute atomic E-state index is 0.0150. The number of carbonyl (C=O) groups is 2. The molecule has 3 heterocycles. The van der Waals surface area contributed by atoms with Gasteiger partial charge in [-0.15, -0.1) is 11.3 Å². The molecule has 7 heteroatoms. The highest BCUT2D eigenvalue weighted by Gasteiger charge is 2.31. The maximum Gasteiger partial charge on any atom is 0.268 e. The molecule has 128 valence electrons. The number of thiophene rings is 1. The van der Waals surface area contributed by atoms with E-state index in [1.165, 1.54) is 11.3 Å². The monoisotopic (exact) mass is 418 g/mol. The molecule has 0 bridgehead atoms. The SMILES string of the molecule is COc1ccc(Cn2c3c(c4scc(Br)c42)C(=O)CCNC3=O)cc1. The molecular weight excluding hydrogens is 404 g/mol. The smallest absolute Gasteiger partial charge is 0.268 e. The number of hydrogen-bond donors (Lipinski definition) is 1. The Hall–Kier alpha value is -2.12. The average Bonchev–Trinajstić information content (AvgIpc) is 3.09. The van der Waals surface area contributed by atoms with Crippen molar-refractivity contribution in [3.05, 3.63) is 50.9 Å². The summed E-state index contributed by atoms with van der Waals surface area (Å²) in [5.41, 5.74) is 2.94. The van der Waals surface area contributed by atoms with E-state index in [-0.39, 0.29) is 11.7 Å². The summed E-state index contributed by atoms with van der Waals surface area (Å²) < 4.78 is 8.90. The topological polar surface area (TPSA) is 60.3 Å². The number of nitrogens with zero attached hydrogens (tertiary/aromatic N) is 1. The van der Waals surface area contributed by atoms with E-state index < -0.39 is 0 Å². The fourth-order valence-corrected chi connectivity index (χ4v) is 5.00. The van der Waals surface area contributed by atoms with Gasteiger partial charge in [0.1, 0.15) is 11.4 Å². The fraction of sp³-hybridized carbons (Fsp3) is 0.222. The molecule has 2 aromatic heterocycles. The minimum atomic E-state index is -0.190. The van der Waals surface area contributed by atoms with Crippen LogP contribution in [-0.2, 0) is 6.54 Å². The minimum Gasteiger partial charge on any atom is -0.497 e. The zero-order valence-electron chi connectivity index (χ0n) is 13.5. The third-order valence-corrected chi connectivity index (χ3v) is 6.25. The van der Waals surface area contributed by atoms with E-state index in [9.17, 15) is 9.59 Å². The Morgan fingerprint density at radius 2 is 2.04 bits per heavy atom. The van der Waals surface area contributed by atoms with Gasteiger partial charge in [0.05, 0.1) is 27.4 Å². The number of ketones is 1. The summed E-state index contributed by atoms with van der Waals surface area (Å²) >= 11 is 5.06. The Bertz CT molecular complexity index is 988. The zero-order valence-corrected chi connectivity index (χ0v) is 15.9. The maximum absolute atomic E-state index is 12.6. The van der Waals surface area contributed by atoms with E-state index in [4.69, 9.17) is 4.74 Å². The number of Topliss-reactive ketones (excluding diaryl/α,β-unsaturated/α-hetero) is 1. The van der Waals surface area contributed by atoms with Gasteiger partial charge < -0.3 is 14.6 Å². The second-order valence-corrected chi connectivity index (χ2v) is 7.58. The Balaban J connectivity index is 1.91. The van der Waals surface area contributed by atoms with Crippen LogP contribution in [0.15, 0.2) is 34.1 Å². The highest BCUT2D eigenvalue weighted by Crippen LogP contribution is 2.38. The van der Waals surface area contributed by atoms with Crippen molar-refractivity contribution in [3.63, 3.8) is 0 Å². The summed E-state index contributed by atoms with van der Waals surface area (Å²) in [5.74, 6) is 0.607. The molecule has 0 radical (unpaired) electrons. The molecule has 0 unspecified atom stereocenters. The molecule has 1 amide bonds. The van der Waals surface area contributed by atoms with Crippen molar-refractivity contribution >= 4 is 49.2 Å². The lowest BCUT2D eigenvalue weighted by Gasteiger charge is -2.11. The maximum atomic E-state index is 12.6. The van der Waals surface area contributed by atoms with E-state index in [1.807, 2.05) is 34.2 Å². The summed E-state index contributed by atoms with van der Waals surface area (Å²) in [7, 11) is 1.63. The Morgan fingerprint density at radius 3 is 2.76 bits per heavy atom. The first-order valence-corrected chi connectivity index (χ1v) is 9.51. The predicted octanol–water partition coefficient (Wildman–Crippen LogP) is 3.84. The van der Waals surface area contributed by atoms with E-state index in [2.05, 4.69) is 21.2 Å². The van der Waals surface area contributed by atoms with Gasteiger partial charge >= 0.3 is 0 Å². The zero-order chi connectivity index (χ0) is 17.6. The van der Waals surface area contributed by atoms with Gasteiger partial charge in [-0.1, -0.05) is 12.1 Å². The van der Waals surface area contributed by atoms with Crippen LogP contribution in [0.25, 0.3) is 10.2 Å². The number of rotatable bonds is 3. The third kappa shape index (κ3) is 2.67. The number of carbonyl (C=O) groups excluding carboxylic acids is 2. The summed E-state index contributed by atoms with van der Waals surface area (Å²) in [6, 6.07) is 7.71. The van der Waals surface area contributed by atoms with Crippen molar-refractivity contribution in [1.29, 1.82) is 0 Å².